The molecule has 0 aliphatic heterocycles. The number of hydrogen-bond donors (Lipinski definition) is 1. The van der Waals surface area contributed by atoms with Crippen LogP contribution in [0, 0.1) is 5.82 Å². The van der Waals surface area contributed by atoms with Gasteiger partial charge in [-0.15, -0.1) is 5.10 Å². The van der Waals surface area contributed by atoms with Crippen molar-refractivity contribution in [1.29, 1.82) is 0 Å². The summed E-state index contributed by atoms with van der Waals surface area (Å²) in [6, 6.07) is 4.04. The van der Waals surface area contributed by atoms with Gasteiger partial charge in [0.1, 0.15) is 0 Å². The fourth-order valence-electron chi connectivity index (χ4n) is 1.44. The molecule has 2 rings (SSSR count). The van der Waals surface area contributed by atoms with Crippen molar-refractivity contribution >= 4 is 0 Å². The van der Waals surface area contributed by atoms with E-state index in [4.69, 9.17) is 10.5 Å². The maximum absolute atomic E-state index is 13.3. The number of benzene rings is 1. The molecule has 0 amide bonds. The Labute approximate surface area is 97.2 Å². The molecule has 1 heterocycles. The predicted molar refractivity (Wildman–Crippen MR) is 58.3 cm³/mol. The number of halogens is 1. The van der Waals surface area contributed by atoms with E-state index in [2.05, 4.69) is 15.5 Å². The van der Waals surface area contributed by atoms with Crippen molar-refractivity contribution in [3.8, 4) is 11.4 Å². The number of hydrogen-bond acceptors (Lipinski definition) is 5. The molecule has 6 nitrogen and oxygen atoms in total. The van der Waals surface area contributed by atoms with E-state index in [-0.39, 0.29) is 11.8 Å². The number of tetrazole rings is 1. The van der Waals surface area contributed by atoms with E-state index in [1.807, 2.05) is 0 Å². The number of nitrogens with two attached hydrogens (primary N) is 1. The lowest BCUT2D eigenvalue weighted by molar-refractivity contribution is 0.386. The maximum atomic E-state index is 13.3. The summed E-state index contributed by atoms with van der Waals surface area (Å²) in [5.41, 5.74) is 6.33. The fourth-order valence-corrected chi connectivity index (χ4v) is 1.44. The molecule has 0 saturated heterocycles. The van der Waals surface area contributed by atoms with Crippen LogP contribution in [-0.2, 0) is 0 Å². The Morgan fingerprint density at radius 1 is 1.47 bits per heavy atom. The van der Waals surface area contributed by atoms with Gasteiger partial charge in [-0.05, 0) is 29.5 Å². The minimum absolute atomic E-state index is 0.133. The summed E-state index contributed by atoms with van der Waals surface area (Å²) in [6.45, 7) is 1.77. The van der Waals surface area contributed by atoms with E-state index in [0.29, 0.717) is 11.5 Å². The van der Waals surface area contributed by atoms with Crippen molar-refractivity contribution < 1.29 is 9.13 Å². The van der Waals surface area contributed by atoms with E-state index in [9.17, 15) is 4.39 Å². The van der Waals surface area contributed by atoms with Crippen molar-refractivity contribution in [3.63, 3.8) is 0 Å². The Morgan fingerprint density at radius 2 is 2.24 bits per heavy atom. The van der Waals surface area contributed by atoms with Crippen LogP contribution in [0.15, 0.2) is 18.2 Å². The highest BCUT2D eigenvalue weighted by molar-refractivity contribution is 5.40. The zero-order valence-electron chi connectivity index (χ0n) is 9.46. The molecule has 7 heteroatoms. The predicted octanol–water partition coefficient (Wildman–Crippen LogP) is 0.830. The SMILES string of the molecule is COc1cc(-n2nnnc2C(C)N)ccc1F. The molecular weight excluding hydrogens is 225 g/mol. The van der Waals surface area contributed by atoms with Gasteiger partial charge in [0, 0.05) is 6.07 Å². The average molecular weight is 237 g/mol. The first-order valence-electron chi connectivity index (χ1n) is 5.01. The number of nitrogens with zero attached hydrogens (tertiary/aromatic N) is 4. The van der Waals surface area contributed by atoms with Gasteiger partial charge in [0.05, 0.1) is 18.8 Å². The Kier molecular flexibility index (Phi) is 3.01. The van der Waals surface area contributed by atoms with Gasteiger partial charge < -0.3 is 10.5 Å². The molecule has 90 valence electrons. The lowest BCUT2D eigenvalue weighted by atomic mass is 10.2. The van der Waals surface area contributed by atoms with Gasteiger partial charge in [0.15, 0.2) is 17.4 Å². The second-order valence-electron chi connectivity index (χ2n) is 3.56. The highest BCUT2D eigenvalue weighted by Crippen LogP contribution is 2.21. The van der Waals surface area contributed by atoms with Crippen molar-refractivity contribution in [3.05, 3.63) is 29.8 Å². The third-order valence-corrected chi connectivity index (χ3v) is 2.28. The van der Waals surface area contributed by atoms with Gasteiger partial charge in [0.25, 0.3) is 0 Å². The third-order valence-electron chi connectivity index (χ3n) is 2.28. The summed E-state index contributed by atoms with van der Waals surface area (Å²) in [5, 5.41) is 11.2. The second-order valence-corrected chi connectivity index (χ2v) is 3.56. The van der Waals surface area contributed by atoms with Crippen LogP contribution in [-0.4, -0.2) is 27.3 Å². The molecule has 0 fully saturated rings. The molecule has 1 aromatic heterocycles. The van der Waals surface area contributed by atoms with Crippen LogP contribution in [0.3, 0.4) is 0 Å². The summed E-state index contributed by atoms with van der Waals surface area (Å²) in [4.78, 5) is 0. The van der Waals surface area contributed by atoms with Crippen LogP contribution in [0.4, 0.5) is 4.39 Å². The van der Waals surface area contributed by atoms with E-state index in [1.165, 1.54) is 23.9 Å². The van der Waals surface area contributed by atoms with Crippen molar-refractivity contribution in [2.75, 3.05) is 7.11 Å². The summed E-state index contributed by atoms with van der Waals surface area (Å²) in [5.74, 6) is 0.193. The molecule has 1 unspecified atom stereocenters. The molecule has 0 saturated carbocycles. The summed E-state index contributed by atoms with van der Waals surface area (Å²) in [7, 11) is 1.40. The first-order valence-corrected chi connectivity index (χ1v) is 5.01. The number of aromatic nitrogens is 4. The molecule has 1 atom stereocenters. The second kappa shape index (κ2) is 4.46. The zero-order valence-corrected chi connectivity index (χ0v) is 9.46. The normalized spacial score (nSPS) is 12.5. The molecule has 2 aromatic rings. The first-order chi connectivity index (χ1) is 8.13. The highest BCUT2D eigenvalue weighted by atomic mass is 19.1. The Balaban J connectivity index is 2.49. The van der Waals surface area contributed by atoms with Crippen molar-refractivity contribution in [2.45, 2.75) is 13.0 Å². The van der Waals surface area contributed by atoms with Crippen molar-refractivity contribution in [1.82, 2.24) is 20.2 Å². The number of methoxy groups -OCH3 is 1. The Bertz CT molecular complexity index is 525. The van der Waals surface area contributed by atoms with Crippen LogP contribution < -0.4 is 10.5 Å². The Morgan fingerprint density at radius 3 is 2.88 bits per heavy atom. The molecular formula is C10H12FN5O. The lowest BCUT2D eigenvalue weighted by Crippen LogP contribution is -2.13. The van der Waals surface area contributed by atoms with Crippen LogP contribution >= 0.6 is 0 Å². The quantitative estimate of drug-likeness (QED) is 0.855. The van der Waals surface area contributed by atoms with Gasteiger partial charge in [-0.25, -0.2) is 4.39 Å². The van der Waals surface area contributed by atoms with E-state index in [0.717, 1.165) is 0 Å². The largest absolute Gasteiger partial charge is 0.494 e. The molecule has 0 radical (unpaired) electrons. The fraction of sp³-hybridized carbons (Fsp3) is 0.300. The van der Waals surface area contributed by atoms with Gasteiger partial charge in [-0.2, -0.15) is 4.68 Å². The van der Waals surface area contributed by atoms with Crippen LogP contribution in [0.5, 0.6) is 5.75 Å². The molecule has 0 aliphatic rings. The first kappa shape index (κ1) is 11.5. The summed E-state index contributed by atoms with van der Waals surface area (Å²) >= 11 is 0. The van der Waals surface area contributed by atoms with Crippen LogP contribution in [0.2, 0.25) is 0 Å². The average Bonchev–Trinajstić information content (AvgIpc) is 2.78. The van der Waals surface area contributed by atoms with Gasteiger partial charge >= 0.3 is 0 Å². The van der Waals surface area contributed by atoms with Crippen LogP contribution in [0.25, 0.3) is 5.69 Å². The molecule has 0 spiro atoms. The summed E-state index contributed by atoms with van der Waals surface area (Å²) < 4.78 is 19.6. The zero-order chi connectivity index (χ0) is 12.4. The molecule has 17 heavy (non-hydrogen) atoms. The molecule has 1 aromatic carbocycles. The van der Waals surface area contributed by atoms with E-state index >= 15 is 0 Å². The van der Waals surface area contributed by atoms with Crippen molar-refractivity contribution in [2.24, 2.45) is 5.73 Å². The third kappa shape index (κ3) is 2.09. The smallest absolute Gasteiger partial charge is 0.173 e. The summed E-state index contributed by atoms with van der Waals surface area (Å²) in [6.07, 6.45) is 0. The lowest BCUT2D eigenvalue weighted by Gasteiger charge is -2.08. The molecule has 0 aliphatic carbocycles. The van der Waals surface area contributed by atoms with E-state index in [1.54, 1.807) is 13.0 Å². The molecule has 2 N–H and O–H groups in total. The van der Waals surface area contributed by atoms with Gasteiger partial charge in [-0.1, -0.05) is 0 Å². The van der Waals surface area contributed by atoms with Crippen LogP contribution in [0.1, 0.15) is 18.8 Å². The topological polar surface area (TPSA) is 78.8 Å². The van der Waals surface area contributed by atoms with E-state index < -0.39 is 5.82 Å². The minimum Gasteiger partial charge on any atom is -0.494 e. The highest BCUT2D eigenvalue weighted by Gasteiger charge is 2.13. The number of rotatable bonds is 3. The van der Waals surface area contributed by atoms with Gasteiger partial charge in [0.2, 0.25) is 0 Å². The minimum atomic E-state index is -0.438. The Hall–Kier alpha value is -2.02. The standard InChI is InChI=1S/C10H12FN5O/c1-6(12)10-13-14-15-16(10)7-3-4-8(11)9(5-7)17-2/h3-6H,12H2,1-2H3. The van der Waals surface area contributed by atoms with Gasteiger partial charge in [-0.3, -0.25) is 0 Å². The monoisotopic (exact) mass is 237 g/mol. The number of ether oxygens (including phenoxy) is 1. The molecule has 0 bridgehead atoms. The maximum Gasteiger partial charge on any atom is 0.173 e.